The maximum Gasteiger partial charge on any atom is 0.679 e. The summed E-state index contributed by atoms with van der Waals surface area (Å²) in [6.45, 7) is 5.64. The average Bonchev–Trinajstić information content (AvgIpc) is 2.21. The van der Waals surface area contributed by atoms with E-state index in [-0.39, 0.29) is 6.10 Å². The Hall–Kier alpha value is -0.203. The van der Waals surface area contributed by atoms with Crippen molar-refractivity contribution in [2.45, 2.75) is 19.4 Å². The van der Waals surface area contributed by atoms with Gasteiger partial charge in [-0.25, -0.2) is 0 Å². The van der Waals surface area contributed by atoms with Gasteiger partial charge in [-0.3, -0.25) is 0 Å². The van der Waals surface area contributed by atoms with Crippen LogP contribution in [0.1, 0.15) is 13.3 Å². The molecule has 0 fully saturated rings. The maximum absolute atomic E-state index is 5.54. The summed E-state index contributed by atoms with van der Waals surface area (Å²) in [6.07, 6.45) is 2.43. The standard InChI is InChI=1S/C8H18O4Si/c1-6-8(7-2)12-13(9-3,10-4)11-5/h6,8H,1,7H2,2-5H3. The Kier molecular flexibility index (Phi) is 6.18. The lowest BCUT2D eigenvalue weighted by Crippen LogP contribution is -2.48. The first-order valence-corrected chi connectivity index (χ1v) is 5.77. The quantitative estimate of drug-likeness (QED) is 0.465. The molecule has 0 aromatic rings. The van der Waals surface area contributed by atoms with Crippen molar-refractivity contribution in [2.24, 2.45) is 0 Å². The summed E-state index contributed by atoms with van der Waals surface area (Å²) < 4.78 is 20.8. The monoisotopic (exact) mass is 206 g/mol. The molecule has 0 bridgehead atoms. The largest absolute Gasteiger partial charge is 0.679 e. The van der Waals surface area contributed by atoms with Gasteiger partial charge in [-0.2, -0.15) is 0 Å². The van der Waals surface area contributed by atoms with E-state index in [1.54, 1.807) is 6.08 Å². The zero-order valence-electron chi connectivity index (χ0n) is 8.70. The van der Waals surface area contributed by atoms with Crippen molar-refractivity contribution in [3.8, 4) is 0 Å². The van der Waals surface area contributed by atoms with Crippen LogP contribution in [0.2, 0.25) is 0 Å². The first-order valence-electron chi connectivity index (χ1n) is 4.13. The van der Waals surface area contributed by atoms with Crippen molar-refractivity contribution in [3.05, 3.63) is 12.7 Å². The summed E-state index contributed by atoms with van der Waals surface area (Å²) in [5.74, 6) is 0. The van der Waals surface area contributed by atoms with Gasteiger partial charge in [-0.1, -0.05) is 13.0 Å². The molecule has 1 atom stereocenters. The fourth-order valence-corrected chi connectivity index (χ4v) is 2.30. The van der Waals surface area contributed by atoms with Crippen LogP contribution < -0.4 is 0 Å². The minimum Gasteiger partial charge on any atom is -0.355 e. The van der Waals surface area contributed by atoms with Crippen LogP contribution in [0.3, 0.4) is 0 Å². The molecule has 0 saturated carbocycles. The van der Waals surface area contributed by atoms with Crippen LogP contribution in [0.25, 0.3) is 0 Å². The minimum absolute atomic E-state index is 0.0912. The van der Waals surface area contributed by atoms with Crippen LogP contribution in [0.5, 0.6) is 0 Å². The van der Waals surface area contributed by atoms with Crippen LogP contribution in [0.4, 0.5) is 0 Å². The Morgan fingerprint density at radius 3 is 1.92 bits per heavy atom. The molecule has 0 radical (unpaired) electrons. The van der Waals surface area contributed by atoms with E-state index in [1.165, 1.54) is 21.3 Å². The van der Waals surface area contributed by atoms with E-state index in [0.29, 0.717) is 0 Å². The highest BCUT2D eigenvalue weighted by molar-refractivity contribution is 6.53. The molecule has 4 nitrogen and oxygen atoms in total. The van der Waals surface area contributed by atoms with Gasteiger partial charge in [0.05, 0.1) is 6.10 Å². The molecule has 1 unspecified atom stereocenters. The molecule has 5 heteroatoms. The molecule has 0 amide bonds. The lowest BCUT2D eigenvalue weighted by Gasteiger charge is -2.26. The molecule has 0 aliphatic heterocycles. The molecular weight excluding hydrogens is 188 g/mol. The van der Waals surface area contributed by atoms with Gasteiger partial charge >= 0.3 is 9.05 Å². The van der Waals surface area contributed by atoms with Crippen LogP contribution in [-0.4, -0.2) is 36.5 Å². The Morgan fingerprint density at radius 2 is 1.69 bits per heavy atom. The van der Waals surface area contributed by atoms with Gasteiger partial charge in [0.25, 0.3) is 0 Å². The Morgan fingerprint density at radius 1 is 1.23 bits per heavy atom. The topological polar surface area (TPSA) is 36.9 Å². The van der Waals surface area contributed by atoms with Gasteiger partial charge in [0, 0.05) is 21.3 Å². The van der Waals surface area contributed by atoms with Crippen molar-refractivity contribution in [1.29, 1.82) is 0 Å². The normalized spacial score (nSPS) is 14.2. The highest BCUT2D eigenvalue weighted by Gasteiger charge is 2.43. The van der Waals surface area contributed by atoms with E-state index in [2.05, 4.69) is 6.58 Å². The van der Waals surface area contributed by atoms with E-state index < -0.39 is 9.05 Å². The lowest BCUT2D eigenvalue weighted by atomic mass is 10.3. The average molecular weight is 206 g/mol. The predicted molar refractivity (Wildman–Crippen MR) is 52.1 cm³/mol. The third-order valence-corrected chi connectivity index (χ3v) is 3.80. The van der Waals surface area contributed by atoms with E-state index in [1.807, 2.05) is 6.92 Å². The second kappa shape index (κ2) is 6.28. The number of hydrogen-bond acceptors (Lipinski definition) is 4. The van der Waals surface area contributed by atoms with E-state index in [0.717, 1.165) is 6.42 Å². The molecule has 0 rings (SSSR count). The third-order valence-electron chi connectivity index (χ3n) is 1.71. The Balaban J connectivity index is 4.29. The van der Waals surface area contributed by atoms with Crippen LogP contribution in [0, 0.1) is 0 Å². The molecule has 0 heterocycles. The zero-order valence-corrected chi connectivity index (χ0v) is 9.70. The minimum atomic E-state index is -2.89. The third kappa shape index (κ3) is 3.57. The van der Waals surface area contributed by atoms with E-state index >= 15 is 0 Å². The van der Waals surface area contributed by atoms with Crippen LogP contribution in [-0.2, 0) is 17.7 Å². The molecule has 0 spiro atoms. The molecule has 78 valence electrons. The maximum atomic E-state index is 5.54. The Bertz CT molecular complexity index is 139. The summed E-state index contributed by atoms with van der Waals surface area (Å²) in [5.41, 5.74) is 0. The lowest BCUT2D eigenvalue weighted by molar-refractivity contribution is -0.0111. The predicted octanol–water partition coefficient (Wildman–Crippen LogP) is 1.34. The second-order valence-corrected chi connectivity index (χ2v) is 4.87. The number of hydrogen-bond donors (Lipinski definition) is 0. The smallest absolute Gasteiger partial charge is 0.355 e. The summed E-state index contributed by atoms with van der Waals surface area (Å²) >= 11 is 0. The summed E-state index contributed by atoms with van der Waals surface area (Å²) in [4.78, 5) is 0. The molecule has 0 aromatic heterocycles. The van der Waals surface area contributed by atoms with Crippen molar-refractivity contribution < 1.29 is 17.7 Å². The summed E-state index contributed by atoms with van der Waals surface area (Å²) in [6, 6.07) is 0. The first kappa shape index (κ1) is 12.8. The van der Waals surface area contributed by atoms with Gasteiger partial charge in [0.1, 0.15) is 0 Å². The summed E-state index contributed by atoms with van der Waals surface area (Å²) in [7, 11) is 1.63. The highest BCUT2D eigenvalue weighted by Crippen LogP contribution is 2.13. The summed E-state index contributed by atoms with van der Waals surface area (Å²) in [5, 5.41) is 0. The molecule has 13 heavy (non-hydrogen) atoms. The van der Waals surface area contributed by atoms with Gasteiger partial charge in [0.15, 0.2) is 0 Å². The number of rotatable bonds is 7. The second-order valence-electron chi connectivity index (χ2n) is 2.41. The van der Waals surface area contributed by atoms with Crippen LogP contribution in [0.15, 0.2) is 12.7 Å². The van der Waals surface area contributed by atoms with Crippen LogP contribution >= 0.6 is 0 Å². The van der Waals surface area contributed by atoms with Crippen molar-refractivity contribution in [1.82, 2.24) is 0 Å². The molecule has 0 saturated heterocycles. The van der Waals surface area contributed by atoms with Crippen molar-refractivity contribution >= 4 is 9.05 Å². The fourth-order valence-electron chi connectivity index (χ4n) is 0.878. The fraction of sp³-hybridized carbons (Fsp3) is 0.750. The van der Waals surface area contributed by atoms with Gasteiger partial charge in [0.2, 0.25) is 0 Å². The molecule has 0 aromatic carbocycles. The molecule has 0 N–H and O–H groups in total. The first-order chi connectivity index (χ1) is 6.17. The molecule has 0 aliphatic rings. The van der Waals surface area contributed by atoms with Gasteiger partial charge in [-0.05, 0) is 6.42 Å². The van der Waals surface area contributed by atoms with Gasteiger partial charge in [-0.15, -0.1) is 6.58 Å². The van der Waals surface area contributed by atoms with E-state index in [9.17, 15) is 0 Å². The van der Waals surface area contributed by atoms with Crippen molar-refractivity contribution in [3.63, 3.8) is 0 Å². The highest BCUT2D eigenvalue weighted by atomic mass is 28.4. The zero-order chi connectivity index (χ0) is 10.3. The van der Waals surface area contributed by atoms with Gasteiger partial charge < -0.3 is 17.7 Å². The van der Waals surface area contributed by atoms with Crippen molar-refractivity contribution in [2.75, 3.05) is 21.3 Å². The molecule has 0 aliphatic carbocycles. The Labute approximate surface area is 80.9 Å². The molecular formula is C8H18O4Si. The SMILES string of the molecule is C=CC(CC)O[Si](OC)(OC)OC. The van der Waals surface area contributed by atoms with E-state index in [4.69, 9.17) is 17.7 Å².